The number of carbonyl (C=O) groups is 2. The molecule has 7 nitrogen and oxygen atoms in total. The SMILES string of the molecule is CCOC(=O)CC1CCN(C(=O)N2CCN(c3ccc(C#N)cc3)CC2)CC1. The highest BCUT2D eigenvalue weighted by Gasteiger charge is 2.29. The van der Waals surface area contributed by atoms with Crippen LogP contribution in [-0.2, 0) is 9.53 Å². The monoisotopic (exact) mass is 384 g/mol. The molecule has 0 unspecified atom stereocenters. The molecule has 0 spiro atoms. The second-order valence-corrected chi connectivity index (χ2v) is 7.35. The summed E-state index contributed by atoms with van der Waals surface area (Å²) in [4.78, 5) is 30.5. The van der Waals surface area contributed by atoms with Crippen LogP contribution in [0.15, 0.2) is 24.3 Å². The molecule has 0 N–H and O–H groups in total. The van der Waals surface area contributed by atoms with Crippen molar-refractivity contribution in [2.45, 2.75) is 26.2 Å². The minimum absolute atomic E-state index is 0.106. The van der Waals surface area contributed by atoms with Crippen molar-refractivity contribution in [1.29, 1.82) is 5.26 Å². The maximum Gasteiger partial charge on any atom is 0.320 e. The van der Waals surface area contributed by atoms with E-state index in [0.717, 1.165) is 31.6 Å². The van der Waals surface area contributed by atoms with Crippen LogP contribution in [0.3, 0.4) is 0 Å². The number of hydrogen-bond donors (Lipinski definition) is 0. The smallest absolute Gasteiger partial charge is 0.320 e. The summed E-state index contributed by atoms with van der Waals surface area (Å²) in [6.07, 6.45) is 2.17. The van der Waals surface area contributed by atoms with Gasteiger partial charge < -0.3 is 19.4 Å². The molecule has 2 saturated heterocycles. The molecule has 2 aliphatic rings. The maximum absolute atomic E-state index is 12.8. The van der Waals surface area contributed by atoms with Crippen LogP contribution in [0.2, 0.25) is 0 Å². The molecule has 0 aliphatic carbocycles. The minimum Gasteiger partial charge on any atom is -0.466 e. The summed E-state index contributed by atoms with van der Waals surface area (Å²) in [7, 11) is 0. The summed E-state index contributed by atoms with van der Waals surface area (Å²) in [6.45, 7) is 6.62. The first kappa shape index (κ1) is 20.0. The first-order valence-corrected chi connectivity index (χ1v) is 10.0. The van der Waals surface area contributed by atoms with Crippen LogP contribution < -0.4 is 4.90 Å². The van der Waals surface area contributed by atoms with E-state index >= 15 is 0 Å². The third-order valence-electron chi connectivity index (χ3n) is 5.56. The number of benzene rings is 1. The van der Waals surface area contributed by atoms with Crippen LogP contribution in [-0.4, -0.2) is 67.7 Å². The summed E-state index contributed by atoms with van der Waals surface area (Å²) in [6, 6.07) is 9.82. The van der Waals surface area contributed by atoms with Gasteiger partial charge in [0.05, 0.1) is 18.2 Å². The number of anilines is 1. The van der Waals surface area contributed by atoms with E-state index in [9.17, 15) is 9.59 Å². The Hall–Kier alpha value is -2.75. The number of piperazine rings is 1. The van der Waals surface area contributed by atoms with E-state index in [-0.39, 0.29) is 12.0 Å². The fourth-order valence-corrected chi connectivity index (χ4v) is 3.89. The largest absolute Gasteiger partial charge is 0.466 e. The van der Waals surface area contributed by atoms with Crippen LogP contribution in [0, 0.1) is 17.2 Å². The lowest BCUT2D eigenvalue weighted by atomic mass is 9.94. The first-order chi connectivity index (χ1) is 13.6. The van der Waals surface area contributed by atoms with Gasteiger partial charge in [0.2, 0.25) is 0 Å². The number of amides is 2. The molecule has 28 heavy (non-hydrogen) atoms. The first-order valence-electron chi connectivity index (χ1n) is 10.0. The number of urea groups is 1. The van der Waals surface area contributed by atoms with Gasteiger partial charge in [0.15, 0.2) is 0 Å². The Morgan fingerprint density at radius 2 is 1.64 bits per heavy atom. The number of likely N-dealkylation sites (tertiary alicyclic amines) is 1. The Morgan fingerprint density at radius 1 is 1.04 bits per heavy atom. The molecule has 1 aromatic rings. The second-order valence-electron chi connectivity index (χ2n) is 7.35. The van der Waals surface area contributed by atoms with Crippen LogP contribution in [0.25, 0.3) is 0 Å². The third kappa shape index (κ3) is 4.94. The lowest BCUT2D eigenvalue weighted by molar-refractivity contribution is -0.144. The maximum atomic E-state index is 12.8. The van der Waals surface area contributed by atoms with Gasteiger partial charge in [0, 0.05) is 51.4 Å². The lowest BCUT2D eigenvalue weighted by Crippen LogP contribution is -2.54. The van der Waals surface area contributed by atoms with Gasteiger partial charge in [-0.2, -0.15) is 5.26 Å². The number of nitriles is 1. The van der Waals surface area contributed by atoms with Gasteiger partial charge in [-0.25, -0.2) is 4.79 Å². The number of piperidine rings is 1. The fourth-order valence-electron chi connectivity index (χ4n) is 3.89. The topological polar surface area (TPSA) is 76.9 Å². The van der Waals surface area contributed by atoms with Gasteiger partial charge in [-0.15, -0.1) is 0 Å². The van der Waals surface area contributed by atoms with Gasteiger partial charge in [0.25, 0.3) is 0 Å². The normalized spacial score (nSPS) is 17.9. The summed E-state index contributed by atoms with van der Waals surface area (Å²) < 4.78 is 5.03. The molecule has 0 aromatic heterocycles. The van der Waals surface area contributed by atoms with E-state index in [0.29, 0.717) is 50.7 Å². The van der Waals surface area contributed by atoms with Crippen molar-refractivity contribution < 1.29 is 14.3 Å². The van der Waals surface area contributed by atoms with E-state index in [1.807, 2.05) is 41.0 Å². The predicted octanol–water partition coefficient (Wildman–Crippen LogP) is 2.47. The van der Waals surface area contributed by atoms with Gasteiger partial charge in [-0.3, -0.25) is 4.79 Å². The predicted molar refractivity (Wildman–Crippen MR) is 106 cm³/mol. The van der Waals surface area contributed by atoms with E-state index in [1.165, 1.54) is 0 Å². The third-order valence-corrected chi connectivity index (χ3v) is 5.56. The van der Waals surface area contributed by atoms with E-state index in [4.69, 9.17) is 10.00 Å². The highest BCUT2D eigenvalue weighted by atomic mass is 16.5. The van der Waals surface area contributed by atoms with Crippen LogP contribution in [0.5, 0.6) is 0 Å². The van der Waals surface area contributed by atoms with Crippen LogP contribution in [0.1, 0.15) is 31.7 Å². The van der Waals surface area contributed by atoms with Gasteiger partial charge in [-0.1, -0.05) is 0 Å². The summed E-state index contributed by atoms with van der Waals surface area (Å²) >= 11 is 0. The van der Waals surface area contributed by atoms with E-state index < -0.39 is 0 Å². The number of carbonyl (C=O) groups excluding carboxylic acids is 2. The van der Waals surface area contributed by atoms with E-state index in [1.54, 1.807) is 0 Å². The van der Waals surface area contributed by atoms with Crippen molar-refractivity contribution in [2.24, 2.45) is 5.92 Å². The number of nitrogens with zero attached hydrogens (tertiary/aromatic N) is 4. The molecule has 2 heterocycles. The molecule has 3 rings (SSSR count). The molecule has 1 aromatic carbocycles. The van der Waals surface area contributed by atoms with Crippen molar-refractivity contribution >= 4 is 17.7 Å². The average Bonchev–Trinajstić information content (AvgIpc) is 2.74. The van der Waals surface area contributed by atoms with Crippen molar-refractivity contribution in [3.8, 4) is 6.07 Å². The number of ether oxygens (including phenoxy) is 1. The summed E-state index contributed by atoms with van der Waals surface area (Å²) in [5.74, 6) is 0.183. The summed E-state index contributed by atoms with van der Waals surface area (Å²) in [5.41, 5.74) is 1.75. The highest BCUT2D eigenvalue weighted by Crippen LogP contribution is 2.23. The molecule has 150 valence electrons. The molecule has 0 radical (unpaired) electrons. The molecule has 0 saturated carbocycles. The Morgan fingerprint density at radius 3 is 2.21 bits per heavy atom. The molecule has 7 heteroatoms. The zero-order valence-corrected chi connectivity index (χ0v) is 16.5. The van der Waals surface area contributed by atoms with Crippen LogP contribution >= 0.6 is 0 Å². The number of esters is 1. The fraction of sp³-hybridized carbons (Fsp3) is 0.571. The Bertz CT molecular complexity index is 712. The van der Waals surface area contributed by atoms with Crippen molar-refractivity contribution in [3.63, 3.8) is 0 Å². The Kier molecular flexibility index (Phi) is 6.75. The van der Waals surface area contributed by atoms with Crippen LogP contribution in [0.4, 0.5) is 10.5 Å². The zero-order valence-electron chi connectivity index (χ0n) is 16.5. The van der Waals surface area contributed by atoms with Gasteiger partial charge in [-0.05, 0) is 49.9 Å². The molecular weight excluding hydrogens is 356 g/mol. The average molecular weight is 384 g/mol. The minimum atomic E-state index is -0.133. The number of hydrogen-bond acceptors (Lipinski definition) is 5. The highest BCUT2D eigenvalue weighted by molar-refractivity contribution is 5.75. The molecular formula is C21H28N4O3. The van der Waals surface area contributed by atoms with Gasteiger partial charge >= 0.3 is 12.0 Å². The lowest BCUT2D eigenvalue weighted by Gasteiger charge is -2.40. The zero-order chi connectivity index (χ0) is 19.9. The number of rotatable bonds is 4. The Labute approximate surface area is 166 Å². The molecule has 0 atom stereocenters. The Balaban J connectivity index is 1.44. The quantitative estimate of drug-likeness (QED) is 0.746. The second kappa shape index (κ2) is 9.45. The molecule has 0 bridgehead atoms. The van der Waals surface area contributed by atoms with Crippen molar-refractivity contribution in [3.05, 3.63) is 29.8 Å². The van der Waals surface area contributed by atoms with Gasteiger partial charge in [0.1, 0.15) is 0 Å². The molecule has 2 fully saturated rings. The standard InChI is InChI=1S/C21H28N4O3/c1-2-28-20(26)15-17-7-9-24(10-8-17)21(27)25-13-11-23(12-14-25)19-5-3-18(16-22)4-6-19/h3-6,17H,2,7-15H2,1H3. The summed E-state index contributed by atoms with van der Waals surface area (Å²) in [5, 5.41) is 8.91. The van der Waals surface area contributed by atoms with Crippen molar-refractivity contribution in [2.75, 3.05) is 50.8 Å². The molecule has 2 aliphatic heterocycles. The molecule has 2 amide bonds. The van der Waals surface area contributed by atoms with Crippen molar-refractivity contribution in [1.82, 2.24) is 9.80 Å². The van der Waals surface area contributed by atoms with E-state index in [2.05, 4.69) is 11.0 Å².